The summed E-state index contributed by atoms with van der Waals surface area (Å²) in [4.78, 5) is 10.1. The molecule has 0 aliphatic heterocycles. The second-order valence-corrected chi connectivity index (χ2v) is 3.03. The molecule has 0 amide bonds. The minimum Gasteiger partial charge on any atom is -0.466 e. The predicted octanol–water partition coefficient (Wildman–Crippen LogP) is 0.885. The molecule has 1 atom stereocenters. The third-order valence-electron chi connectivity index (χ3n) is 1.34. The molecule has 0 bridgehead atoms. The van der Waals surface area contributed by atoms with Crippen LogP contribution < -0.4 is 0 Å². The van der Waals surface area contributed by atoms with E-state index in [1.807, 2.05) is 0 Å². The van der Waals surface area contributed by atoms with Gasteiger partial charge in [-0.25, -0.2) is 4.79 Å². The van der Waals surface area contributed by atoms with Crippen molar-refractivity contribution in [2.24, 2.45) is 0 Å². The van der Waals surface area contributed by atoms with Crippen LogP contribution in [0.1, 0.15) is 6.92 Å². The van der Waals surface area contributed by atoms with Crippen molar-refractivity contribution in [3.8, 4) is 0 Å². The molecule has 0 aliphatic carbocycles. The summed E-state index contributed by atoms with van der Waals surface area (Å²) in [7, 11) is 2.82. The molecule has 0 N–H and O–H groups in total. The first-order valence-corrected chi connectivity index (χ1v) is 4.02. The van der Waals surface area contributed by atoms with E-state index in [1.165, 1.54) is 26.0 Å². The quantitative estimate of drug-likeness (QED) is 0.458. The highest BCUT2D eigenvalue weighted by Crippen LogP contribution is 2.23. The molecule has 0 spiro atoms. The topological polar surface area (TPSA) is 35.5 Å². The molecule has 0 aromatic rings. The molecule has 0 aliphatic rings. The Hall–Kier alpha value is -0.220. The normalized spacial score (nSPS) is 16.0. The van der Waals surface area contributed by atoms with Gasteiger partial charge < -0.3 is 9.47 Å². The van der Waals surface area contributed by atoms with Gasteiger partial charge in [0.25, 0.3) is 0 Å². The molecular weight excluding hydrogens is 152 g/mol. The van der Waals surface area contributed by atoms with Gasteiger partial charge in [-0.05, 0) is 13.2 Å². The van der Waals surface area contributed by atoms with Crippen molar-refractivity contribution < 1.29 is 14.3 Å². The number of hydrogen-bond acceptors (Lipinski definition) is 4. The van der Waals surface area contributed by atoms with Gasteiger partial charge in [-0.1, -0.05) is 0 Å². The van der Waals surface area contributed by atoms with E-state index in [2.05, 4.69) is 4.74 Å². The maximum Gasteiger partial charge on any atom is 0.348 e. The van der Waals surface area contributed by atoms with Crippen molar-refractivity contribution in [2.45, 2.75) is 11.9 Å². The predicted molar refractivity (Wildman–Crippen MR) is 40.9 cm³/mol. The van der Waals surface area contributed by atoms with Crippen LogP contribution in [0.25, 0.3) is 0 Å². The van der Waals surface area contributed by atoms with Crippen LogP contribution in [0.2, 0.25) is 0 Å². The molecular formula is C6H12O3S. The monoisotopic (exact) mass is 164 g/mol. The standard InChI is InChI=1S/C6H12O3S/c1-6(9-3,10-4)5(7)8-2/h1-4H3/t6-/m0/s1. The highest BCUT2D eigenvalue weighted by atomic mass is 32.2. The molecule has 0 saturated heterocycles. The van der Waals surface area contributed by atoms with E-state index in [4.69, 9.17) is 4.74 Å². The first-order valence-electron chi connectivity index (χ1n) is 2.79. The number of carbonyl (C=O) groups excluding carboxylic acids is 1. The van der Waals surface area contributed by atoms with Crippen molar-refractivity contribution in [2.75, 3.05) is 20.5 Å². The molecule has 60 valence electrons. The van der Waals surface area contributed by atoms with E-state index in [1.54, 1.807) is 13.2 Å². The van der Waals surface area contributed by atoms with E-state index >= 15 is 0 Å². The minimum atomic E-state index is -0.852. The van der Waals surface area contributed by atoms with Crippen molar-refractivity contribution in [3.05, 3.63) is 0 Å². The van der Waals surface area contributed by atoms with Crippen molar-refractivity contribution in [3.63, 3.8) is 0 Å². The van der Waals surface area contributed by atoms with Crippen molar-refractivity contribution >= 4 is 17.7 Å². The van der Waals surface area contributed by atoms with Gasteiger partial charge in [0.05, 0.1) is 7.11 Å². The zero-order chi connectivity index (χ0) is 8.20. The zero-order valence-corrected chi connectivity index (χ0v) is 7.45. The number of ether oxygens (including phenoxy) is 2. The molecule has 0 rings (SSSR count). The van der Waals surface area contributed by atoms with E-state index in [9.17, 15) is 4.79 Å². The lowest BCUT2D eigenvalue weighted by Crippen LogP contribution is -2.34. The first-order chi connectivity index (χ1) is 4.60. The Kier molecular flexibility index (Phi) is 3.75. The molecule has 0 radical (unpaired) electrons. The summed E-state index contributed by atoms with van der Waals surface area (Å²) in [5, 5.41) is 0. The molecule has 3 nitrogen and oxygen atoms in total. The van der Waals surface area contributed by atoms with Gasteiger partial charge in [-0.15, -0.1) is 11.8 Å². The maximum absolute atomic E-state index is 10.9. The number of methoxy groups -OCH3 is 2. The minimum absolute atomic E-state index is 0.359. The van der Waals surface area contributed by atoms with Gasteiger partial charge in [0.15, 0.2) is 0 Å². The zero-order valence-electron chi connectivity index (χ0n) is 6.63. The van der Waals surface area contributed by atoms with Crippen LogP contribution in [0, 0.1) is 0 Å². The Morgan fingerprint density at radius 1 is 1.50 bits per heavy atom. The van der Waals surface area contributed by atoms with Crippen LogP contribution in [0.4, 0.5) is 0 Å². The van der Waals surface area contributed by atoms with Crippen molar-refractivity contribution in [1.82, 2.24) is 0 Å². The van der Waals surface area contributed by atoms with E-state index in [0.717, 1.165) is 0 Å². The highest BCUT2D eigenvalue weighted by molar-refractivity contribution is 8.00. The van der Waals surface area contributed by atoms with Gasteiger partial charge in [0.1, 0.15) is 0 Å². The third kappa shape index (κ3) is 1.88. The summed E-state index contributed by atoms with van der Waals surface area (Å²) in [6, 6.07) is 0. The lowest BCUT2D eigenvalue weighted by molar-refractivity contribution is -0.154. The largest absolute Gasteiger partial charge is 0.466 e. The van der Waals surface area contributed by atoms with Crippen LogP contribution in [0.15, 0.2) is 0 Å². The maximum atomic E-state index is 10.9. The van der Waals surface area contributed by atoms with E-state index < -0.39 is 4.93 Å². The smallest absolute Gasteiger partial charge is 0.348 e. The van der Waals surface area contributed by atoms with Crippen LogP contribution in [0.3, 0.4) is 0 Å². The molecule has 4 heteroatoms. The fourth-order valence-electron chi connectivity index (χ4n) is 0.435. The van der Waals surface area contributed by atoms with Crippen LogP contribution in [-0.2, 0) is 14.3 Å². The van der Waals surface area contributed by atoms with E-state index in [0.29, 0.717) is 0 Å². The SMILES string of the molecule is COC(=O)[C@@](C)(OC)SC. The number of thioether (sulfide) groups is 1. The Morgan fingerprint density at radius 2 is 2.00 bits per heavy atom. The Morgan fingerprint density at radius 3 is 2.10 bits per heavy atom. The first kappa shape index (κ1) is 9.78. The Bertz CT molecular complexity index is 120. The van der Waals surface area contributed by atoms with Crippen LogP contribution in [0.5, 0.6) is 0 Å². The average Bonchev–Trinajstić information content (AvgIpc) is 2.01. The summed E-state index contributed by atoms with van der Waals surface area (Å²) in [6.07, 6.45) is 1.79. The Labute approximate surface area is 65.1 Å². The summed E-state index contributed by atoms with van der Waals surface area (Å²) >= 11 is 1.31. The number of rotatable bonds is 3. The fraction of sp³-hybridized carbons (Fsp3) is 0.833. The number of carbonyl (C=O) groups is 1. The van der Waals surface area contributed by atoms with Gasteiger partial charge in [-0.2, -0.15) is 0 Å². The van der Waals surface area contributed by atoms with Gasteiger partial charge in [0, 0.05) is 7.11 Å². The average molecular weight is 164 g/mol. The van der Waals surface area contributed by atoms with Gasteiger partial charge in [-0.3, -0.25) is 0 Å². The summed E-state index contributed by atoms with van der Waals surface area (Å²) in [5.41, 5.74) is 0. The van der Waals surface area contributed by atoms with Crippen molar-refractivity contribution in [1.29, 1.82) is 0 Å². The molecule has 0 heterocycles. The second kappa shape index (κ2) is 3.83. The molecule has 0 fully saturated rings. The number of esters is 1. The van der Waals surface area contributed by atoms with Gasteiger partial charge in [0.2, 0.25) is 4.93 Å². The molecule has 0 saturated carbocycles. The third-order valence-corrected chi connectivity index (χ3v) is 2.45. The lowest BCUT2D eigenvalue weighted by Gasteiger charge is -2.21. The number of hydrogen-bond donors (Lipinski definition) is 0. The van der Waals surface area contributed by atoms with E-state index in [-0.39, 0.29) is 5.97 Å². The second-order valence-electron chi connectivity index (χ2n) is 1.85. The molecule has 0 aromatic heterocycles. The summed E-state index contributed by atoms with van der Waals surface area (Å²) in [5.74, 6) is -0.359. The summed E-state index contributed by atoms with van der Waals surface area (Å²) in [6.45, 7) is 1.67. The Balaban J connectivity index is 4.17. The van der Waals surface area contributed by atoms with Crippen LogP contribution in [-0.4, -0.2) is 31.4 Å². The highest BCUT2D eigenvalue weighted by Gasteiger charge is 2.32. The molecule has 10 heavy (non-hydrogen) atoms. The lowest BCUT2D eigenvalue weighted by atomic mass is 10.4. The fourth-order valence-corrected chi connectivity index (χ4v) is 0.852. The molecule has 0 unspecified atom stereocenters. The molecule has 0 aromatic carbocycles. The van der Waals surface area contributed by atoms with Crippen LogP contribution >= 0.6 is 11.8 Å². The van der Waals surface area contributed by atoms with Gasteiger partial charge >= 0.3 is 5.97 Å². The summed E-state index contributed by atoms with van der Waals surface area (Å²) < 4.78 is 9.44.